The van der Waals surface area contributed by atoms with Crippen molar-refractivity contribution in [2.45, 2.75) is 59.0 Å². The number of imidazole rings is 1. The summed E-state index contributed by atoms with van der Waals surface area (Å²) < 4.78 is 1.93. The molecule has 3 aromatic heterocycles. The van der Waals surface area contributed by atoms with Gasteiger partial charge >= 0.3 is 6.03 Å². The minimum atomic E-state index is -0.292. The molecule has 9 nitrogen and oxygen atoms in total. The van der Waals surface area contributed by atoms with E-state index in [1.54, 1.807) is 23.5 Å². The first kappa shape index (κ1) is 22.7. The second-order valence-corrected chi connectivity index (χ2v) is 8.67. The molecule has 5 rings (SSSR count). The molecule has 0 spiro atoms. The molecule has 2 fully saturated rings. The van der Waals surface area contributed by atoms with Gasteiger partial charge in [0.25, 0.3) is 0 Å². The van der Waals surface area contributed by atoms with Gasteiger partial charge < -0.3 is 10.6 Å². The van der Waals surface area contributed by atoms with Crippen LogP contribution in [0.15, 0.2) is 43.1 Å². The van der Waals surface area contributed by atoms with E-state index in [4.69, 9.17) is 0 Å². The molecule has 2 amide bonds. The lowest BCUT2D eigenvalue weighted by atomic mass is 10.0. The Morgan fingerprint density at radius 2 is 1.91 bits per heavy atom. The van der Waals surface area contributed by atoms with E-state index < -0.39 is 0 Å². The van der Waals surface area contributed by atoms with Crippen LogP contribution in [0.3, 0.4) is 0 Å². The van der Waals surface area contributed by atoms with Gasteiger partial charge in [0.2, 0.25) is 5.95 Å². The number of nitrogens with zero attached hydrogens (tertiary/aromatic N) is 6. The number of aromatic nitrogens is 5. The van der Waals surface area contributed by atoms with Crippen LogP contribution in [0.5, 0.6) is 0 Å². The number of amides is 2. The number of aryl methyl sites for hydroxylation is 1. The van der Waals surface area contributed by atoms with E-state index in [1.165, 1.54) is 0 Å². The largest absolute Gasteiger partial charge is 0.343 e. The molecule has 1 saturated carbocycles. The van der Waals surface area contributed by atoms with Crippen LogP contribution in [-0.4, -0.2) is 43.1 Å². The van der Waals surface area contributed by atoms with Crippen molar-refractivity contribution in [2.24, 2.45) is 5.92 Å². The Hall–Kier alpha value is -3.49. The van der Waals surface area contributed by atoms with Crippen LogP contribution in [0.1, 0.15) is 51.8 Å². The highest BCUT2D eigenvalue weighted by molar-refractivity contribution is 5.94. The summed E-state index contributed by atoms with van der Waals surface area (Å²) in [5, 5.41) is 6.38. The molecule has 0 aromatic carbocycles. The normalized spacial score (nSPS) is 18.5. The number of nitrogens with one attached hydrogen (secondary N) is 2. The van der Waals surface area contributed by atoms with Crippen molar-refractivity contribution < 1.29 is 4.79 Å². The summed E-state index contributed by atoms with van der Waals surface area (Å²) in [7, 11) is 0. The number of hydrogen-bond acceptors (Lipinski definition) is 6. The molecule has 9 heteroatoms. The zero-order valence-corrected chi connectivity index (χ0v) is 19.9. The van der Waals surface area contributed by atoms with Crippen LogP contribution in [0.4, 0.5) is 16.6 Å². The molecule has 0 unspecified atom stereocenters. The zero-order chi connectivity index (χ0) is 23.6. The third kappa shape index (κ3) is 4.53. The lowest BCUT2D eigenvalue weighted by Crippen LogP contribution is -2.38. The van der Waals surface area contributed by atoms with E-state index in [9.17, 15) is 4.79 Å². The number of anilines is 2. The lowest BCUT2D eigenvalue weighted by Gasteiger charge is -2.25. The third-order valence-corrected chi connectivity index (χ3v) is 6.00. The van der Waals surface area contributed by atoms with E-state index in [2.05, 4.69) is 44.4 Å². The fourth-order valence-corrected chi connectivity index (χ4v) is 3.96. The molecule has 33 heavy (non-hydrogen) atoms. The molecule has 3 aromatic rings. The Balaban J connectivity index is 0.00000126. The molecule has 2 N–H and O–H groups in total. The van der Waals surface area contributed by atoms with Crippen LogP contribution in [0, 0.1) is 12.8 Å². The van der Waals surface area contributed by atoms with Crippen LogP contribution >= 0.6 is 0 Å². The molecule has 0 bridgehead atoms. The molecular weight excluding hydrogens is 416 g/mol. The number of pyridine rings is 1. The van der Waals surface area contributed by atoms with Crippen molar-refractivity contribution in [3.8, 4) is 5.82 Å². The van der Waals surface area contributed by atoms with E-state index in [1.807, 2.05) is 49.9 Å². The van der Waals surface area contributed by atoms with Crippen molar-refractivity contribution in [3.63, 3.8) is 0 Å². The quantitative estimate of drug-likeness (QED) is 0.590. The second kappa shape index (κ2) is 9.17. The predicted octanol–water partition coefficient (Wildman–Crippen LogP) is 4.05. The Morgan fingerprint density at radius 1 is 1.12 bits per heavy atom. The number of urea groups is 1. The van der Waals surface area contributed by atoms with Crippen molar-refractivity contribution >= 4 is 17.8 Å². The summed E-state index contributed by atoms with van der Waals surface area (Å²) in [6.45, 7) is 10.9. The van der Waals surface area contributed by atoms with Crippen molar-refractivity contribution in [3.05, 3.63) is 54.4 Å². The van der Waals surface area contributed by atoms with Gasteiger partial charge in [-0.05, 0) is 43.4 Å². The first-order valence-corrected chi connectivity index (χ1v) is 11.6. The Labute approximate surface area is 194 Å². The standard InChI is InChI=1S/C22H26N8O.C2H6/c1-14(2)16-11-25-21(31)30(16)19-6-9-23-20(27-19)28-22(7-8-22)17-12-29(13-26-17)18-5-4-15(3)10-24-18;1-2/h4-6,9-10,12-14,16H,7-8,11H2,1-3H3,(H,25,31)(H,23,27,28);1-2H3/t16-;/m1./s1. The first-order chi connectivity index (χ1) is 15.9. The topological polar surface area (TPSA) is 101 Å². The SMILES string of the molecule is CC.Cc1ccc(-n2cnc(C3(Nc4nccc(N5C(=O)NC[C@@H]5C(C)C)n4)CC3)c2)nc1. The number of hydrogen-bond donors (Lipinski definition) is 2. The molecule has 174 valence electrons. The number of carbonyl (C=O) groups is 1. The number of rotatable bonds is 6. The third-order valence-electron chi connectivity index (χ3n) is 6.00. The van der Waals surface area contributed by atoms with Gasteiger partial charge in [-0.15, -0.1) is 0 Å². The van der Waals surface area contributed by atoms with Gasteiger partial charge in [-0.1, -0.05) is 33.8 Å². The smallest absolute Gasteiger partial charge is 0.323 e. The minimum absolute atomic E-state index is 0.0721. The van der Waals surface area contributed by atoms with Gasteiger partial charge in [0.05, 0.1) is 17.3 Å². The van der Waals surface area contributed by atoms with E-state index in [0.29, 0.717) is 24.2 Å². The summed E-state index contributed by atoms with van der Waals surface area (Å²) in [5.41, 5.74) is 1.76. The molecular formula is C24H32N8O. The van der Waals surface area contributed by atoms with Gasteiger partial charge in [-0.2, -0.15) is 4.98 Å². The maximum atomic E-state index is 12.4. The van der Waals surface area contributed by atoms with Gasteiger partial charge in [0.1, 0.15) is 18.0 Å². The van der Waals surface area contributed by atoms with Gasteiger partial charge in [-0.25, -0.2) is 19.7 Å². The van der Waals surface area contributed by atoms with E-state index in [-0.39, 0.29) is 17.6 Å². The molecule has 1 atom stereocenters. The maximum Gasteiger partial charge on any atom is 0.323 e. The van der Waals surface area contributed by atoms with Crippen LogP contribution < -0.4 is 15.5 Å². The molecule has 0 radical (unpaired) electrons. The molecule has 1 aliphatic heterocycles. The molecule has 1 saturated heterocycles. The maximum absolute atomic E-state index is 12.4. The van der Waals surface area contributed by atoms with Crippen molar-refractivity contribution in [2.75, 3.05) is 16.8 Å². The minimum Gasteiger partial charge on any atom is -0.343 e. The van der Waals surface area contributed by atoms with Crippen LogP contribution in [-0.2, 0) is 5.54 Å². The fourth-order valence-electron chi connectivity index (χ4n) is 3.96. The lowest BCUT2D eigenvalue weighted by molar-refractivity contribution is 0.251. The number of carbonyl (C=O) groups excluding carboxylic acids is 1. The monoisotopic (exact) mass is 448 g/mol. The van der Waals surface area contributed by atoms with E-state index >= 15 is 0 Å². The molecule has 4 heterocycles. The summed E-state index contributed by atoms with van der Waals surface area (Å²) in [6.07, 6.45) is 9.21. The fraction of sp³-hybridized carbons (Fsp3) is 0.458. The summed E-state index contributed by atoms with van der Waals surface area (Å²) in [5.74, 6) is 2.26. The molecule has 1 aliphatic carbocycles. The molecule has 2 aliphatic rings. The van der Waals surface area contributed by atoms with Crippen LogP contribution in [0.25, 0.3) is 5.82 Å². The average molecular weight is 449 g/mol. The van der Waals surface area contributed by atoms with E-state index in [0.717, 1.165) is 29.9 Å². The van der Waals surface area contributed by atoms with Gasteiger partial charge in [0, 0.05) is 25.1 Å². The van der Waals surface area contributed by atoms with Crippen molar-refractivity contribution in [1.82, 2.24) is 29.8 Å². The Kier molecular flexibility index (Phi) is 6.31. The zero-order valence-electron chi connectivity index (χ0n) is 19.9. The summed E-state index contributed by atoms with van der Waals surface area (Å²) in [4.78, 5) is 32.3. The second-order valence-electron chi connectivity index (χ2n) is 8.67. The van der Waals surface area contributed by atoms with Crippen molar-refractivity contribution in [1.29, 1.82) is 0 Å². The Bertz CT molecular complexity index is 1100. The highest BCUT2D eigenvalue weighted by atomic mass is 16.2. The summed E-state index contributed by atoms with van der Waals surface area (Å²) >= 11 is 0. The summed E-state index contributed by atoms with van der Waals surface area (Å²) in [6, 6.07) is 5.75. The highest BCUT2D eigenvalue weighted by Gasteiger charge is 2.47. The highest BCUT2D eigenvalue weighted by Crippen LogP contribution is 2.47. The van der Waals surface area contributed by atoms with Crippen LogP contribution in [0.2, 0.25) is 0 Å². The van der Waals surface area contributed by atoms with Gasteiger partial charge in [0.15, 0.2) is 0 Å². The van der Waals surface area contributed by atoms with Gasteiger partial charge in [-0.3, -0.25) is 9.47 Å². The Morgan fingerprint density at radius 3 is 2.58 bits per heavy atom. The average Bonchev–Trinajstić information content (AvgIpc) is 3.23. The first-order valence-electron chi connectivity index (χ1n) is 11.6. The predicted molar refractivity (Wildman–Crippen MR) is 129 cm³/mol.